The number of aliphatic imine (C=N–C) groups is 1. The molecule has 2 amide bonds. The Hall–Kier alpha value is -3.76. The molecule has 2 aromatic rings. The Balaban J connectivity index is 1.67. The molecule has 1 aliphatic heterocycles. The number of carbonyl (C=O) groups is 3. The second kappa shape index (κ2) is 10.7. The van der Waals surface area contributed by atoms with Gasteiger partial charge in [0.15, 0.2) is 0 Å². The van der Waals surface area contributed by atoms with Crippen LogP contribution in [0.2, 0.25) is 0 Å². The Bertz CT molecular complexity index is 1210. The average Bonchev–Trinajstić information content (AvgIpc) is 3.67. The largest absolute Gasteiger partial charge is 0.481 e. The van der Waals surface area contributed by atoms with Crippen LogP contribution in [-0.4, -0.2) is 40.9 Å². The summed E-state index contributed by atoms with van der Waals surface area (Å²) in [7, 11) is 0. The highest BCUT2D eigenvalue weighted by molar-refractivity contribution is 6.19. The van der Waals surface area contributed by atoms with Crippen LogP contribution < -0.4 is 10.6 Å². The summed E-state index contributed by atoms with van der Waals surface area (Å²) in [5.74, 6) is -6.90. The van der Waals surface area contributed by atoms with Gasteiger partial charge in [0, 0.05) is 17.5 Å². The van der Waals surface area contributed by atoms with E-state index in [1.807, 2.05) is 0 Å². The summed E-state index contributed by atoms with van der Waals surface area (Å²) in [6.07, 6.45) is -6.77. The fourth-order valence-corrected chi connectivity index (χ4v) is 4.45. The number of rotatable bonds is 9. The third-order valence-electron chi connectivity index (χ3n) is 6.51. The lowest BCUT2D eigenvalue weighted by atomic mass is 9.83. The summed E-state index contributed by atoms with van der Waals surface area (Å²) >= 11 is 0. The van der Waals surface area contributed by atoms with E-state index in [-0.39, 0.29) is 29.3 Å². The molecule has 2 aromatic carbocycles. The summed E-state index contributed by atoms with van der Waals surface area (Å²) in [6.45, 7) is 0. The predicted octanol–water partition coefficient (Wildman–Crippen LogP) is 4.52. The molecule has 3 N–H and O–H groups in total. The van der Waals surface area contributed by atoms with E-state index in [9.17, 15) is 37.1 Å². The van der Waals surface area contributed by atoms with E-state index < -0.39 is 60.6 Å². The number of nitrogens with zero attached hydrogens (tertiary/aromatic N) is 1. The molecular formula is C26H25F4N3O4. The predicted molar refractivity (Wildman–Crippen MR) is 126 cm³/mol. The molecular weight excluding hydrogens is 494 g/mol. The van der Waals surface area contributed by atoms with Crippen molar-refractivity contribution in [2.75, 3.05) is 5.32 Å². The van der Waals surface area contributed by atoms with Crippen LogP contribution in [0, 0.1) is 23.6 Å². The van der Waals surface area contributed by atoms with Gasteiger partial charge in [-0.15, -0.1) is 0 Å². The normalized spacial score (nSPS) is 19.1. The first kappa shape index (κ1) is 26.3. The number of amides is 2. The smallest absolute Gasteiger partial charge is 0.389 e. The van der Waals surface area contributed by atoms with E-state index in [4.69, 9.17) is 0 Å². The van der Waals surface area contributed by atoms with Gasteiger partial charge >= 0.3 is 12.1 Å². The minimum atomic E-state index is -4.60. The molecule has 3 atom stereocenters. The average molecular weight is 519 g/mol. The molecule has 1 fully saturated rings. The maximum absolute atomic E-state index is 14.6. The van der Waals surface area contributed by atoms with E-state index in [1.54, 1.807) is 30.3 Å². The standard InChI is InChI=1S/C26H25F4N3O4/c27-19-8-4-7-17-20(15-5-2-1-3-6-15)31-22(24(35)32-21(17)19)33-23(34)16(11-12-26(28,29)30)18(25(36)37)13-14-9-10-14/h1-8,14,16,18,22H,9-13H2,(H,32,35)(H,33,34)(H,36,37)/t16-,18?,22?/m1/s1. The number of alkyl halides is 3. The van der Waals surface area contributed by atoms with Crippen molar-refractivity contribution < 1.29 is 37.1 Å². The number of aliphatic carboxylic acids is 1. The Morgan fingerprint density at radius 3 is 2.41 bits per heavy atom. The minimum Gasteiger partial charge on any atom is -0.481 e. The van der Waals surface area contributed by atoms with Gasteiger partial charge in [-0.3, -0.25) is 14.4 Å². The van der Waals surface area contributed by atoms with E-state index in [0.717, 1.165) is 18.9 Å². The lowest BCUT2D eigenvalue weighted by molar-refractivity contribution is -0.154. The maximum atomic E-state index is 14.6. The number of benzene rings is 2. The molecule has 2 unspecified atom stereocenters. The summed E-state index contributed by atoms with van der Waals surface area (Å²) < 4.78 is 53.7. The van der Waals surface area contributed by atoms with Crippen LogP contribution in [0.4, 0.5) is 23.2 Å². The van der Waals surface area contributed by atoms with Crippen molar-refractivity contribution in [1.82, 2.24) is 5.32 Å². The molecule has 0 spiro atoms. The van der Waals surface area contributed by atoms with Crippen molar-refractivity contribution in [3.05, 3.63) is 65.5 Å². The van der Waals surface area contributed by atoms with Crippen molar-refractivity contribution >= 4 is 29.2 Å². The van der Waals surface area contributed by atoms with Gasteiger partial charge in [-0.1, -0.05) is 55.3 Å². The van der Waals surface area contributed by atoms with Gasteiger partial charge in [-0.2, -0.15) is 13.2 Å². The van der Waals surface area contributed by atoms with Crippen LogP contribution in [0.5, 0.6) is 0 Å². The van der Waals surface area contributed by atoms with Gasteiger partial charge in [0.25, 0.3) is 5.91 Å². The molecule has 7 nitrogen and oxygen atoms in total. The molecule has 1 aliphatic carbocycles. The Kier molecular flexibility index (Phi) is 7.60. The number of anilines is 1. The minimum absolute atomic E-state index is 0.0312. The van der Waals surface area contributed by atoms with Gasteiger partial charge in [-0.25, -0.2) is 9.38 Å². The maximum Gasteiger partial charge on any atom is 0.389 e. The molecule has 1 heterocycles. The zero-order chi connectivity index (χ0) is 26.7. The zero-order valence-electron chi connectivity index (χ0n) is 19.6. The fraction of sp³-hybridized carbons (Fsp3) is 0.385. The molecule has 0 radical (unpaired) electrons. The zero-order valence-corrected chi connectivity index (χ0v) is 19.6. The van der Waals surface area contributed by atoms with Crippen molar-refractivity contribution in [2.24, 2.45) is 22.7 Å². The molecule has 2 aliphatic rings. The SMILES string of the molecule is O=C1Nc2c(F)cccc2C(c2ccccc2)=NC1NC(=O)[C@H](CCC(F)(F)F)C(CC1CC1)C(=O)O. The summed E-state index contributed by atoms with van der Waals surface area (Å²) in [4.78, 5) is 42.5. The third-order valence-corrected chi connectivity index (χ3v) is 6.51. The number of nitrogens with one attached hydrogen (secondary N) is 2. The number of hydrogen-bond donors (Lipinski definition) is 3. The first-order valence-corrected chi connectivity index (χ1v) is 11.9. The third kappa shape index (κ3) is 6.52. The highest BCUT2D eigenvalue weighted by Gasteiger charge is 2.41. The molecule has 11 heteroatoms. The lowest BCUT2D eigenvalue weighted by Crippen LogP contribution is -2.47. The second-order valence-corrected chi connectivity index (χ2v) is 9.29. The monoisotopic (exact) mass is 519 g/mol. The molecule has 0 bridgehead atoms. The van der Waals surface area contributed by atoms with Crippen LogP contribution in [0.3, 0.4) is 0 Å². The number of halogens is 4. The molecule has 0 aromatic heterocycles. The van der Waals surface area contributed by atoms with Gasteiger partial charge in [0.05, 0.1) is 23.2 Å². The highest BCUT2D eigenvalue weighted by atomic mass is 19.4. The van der Waals surface area contributed by atoms with Gasteiger partial charge in [0.1, 0.15) is 5.82 Å². The first-order chi connectivity index (χ1) is 17.5. The fourth-order valence-electron chi connectivity index (χ4n) is 4.45. The molecule has 37 heavy (non-hydrogen) atoms. The quantitative estimate of drug-likeness (QED) is 0.424. The summed E-state index contributed by atoms with van der Waals surface area (Å²) in [5, 5.41) is 14.5. The Labute approximate surface area is 210 Å². The van der Waals surface area contributed by atoms with Crippen molar-refractivity contribution in [3.63, 3.8) is 0 Å². The van der Waals surface area contributed by atoms with Crippen molar-refractivity contribution in [1.29, 1.82) is 0 Å². The molecule has 196 valence electrons. The van der Waals surface area contributed by atoms with E-state index in [2.05, 4.69) is 15.6 Å². The first-order valence-electron chi connectivity index (χ1n) is 11.9. The number of carboxylic acid groups (broad SMARTS) is 1. The Morgan fingerprint density at radius 2 is 1.78 bits per heavy atom. The van der Waals surface area contributed by atoms with Gasteiger partial charge < -0.3 is 15.7 Å². The van der Waals surface area contributed by atoms with E-state index in [0.29, 0.717) is 5.56 Å². The van der Waals surface area contributed by atoms with Crippen molar-refractivity contribution in [2.45, 2.75) is 44.4 Å². The number of hydrogen-bond acceptors (Lipinski definition) is 4. The highest BCUT2D eigenvalue weighted by Crippen LogP contribution is 2.39. The Morgan fingerprint density at radius 1 is 1.08 bits per heavy atom. The number of carboxylic acids is 1. The van der Waals surface area contributed by atoms with E-state index >= 15 is 0 Å². The van der Waals surface area contributed by atoms with Crippen LogP contribution in [0.15, 0.2) is 53.5 Å². The number of benzodiazepines with no additional fused rings is 1. The van der Waals surface area contributed by atoms with E-state index in [1.165, 1.54) is 12.1 Å². The molecule has 0 saturated heterocycles. The van der Waals surface area contributed by atoms with Gasteiger partial charge in [-0.05, 0) is 24.8 Å². The van der Waals surface area contributed by atoms with Crippen LogP contribution >= 0.6 is 0 Å². The molecule has 4 rings (SSSR count). The topological polar surface area (TPSA) is 108 Å². The second-order valence-electron chi connectivity index (χ2n) is 9.29. The van der Waals surface area contributed by atoms with Crippen LogP contribution in [0.1, 0.15) is 43.2 Å². The number of carbonyl (C=O) groups excluding carboxylic acids is 2. The van der Waals surface area contributed by atoms with Crippen LogP contribution in [-0.2, 0) is 14.4 Å². The summed E-state index contributed by atoms with van der Waals surface area (Å²) in [5.41, 5.74) is 0.786. The van der Waals surface area contributed by atoms with Crippen LogP contribution in [0.25, 0.3) is 0 Å². The summed E-state index contributed by atoms with van der Waals surface area (Å²) in [6, 6.07) is 12.6. The van der Waals surface area contributed by atoms with Gasteiger partial charge in [0.2, 0.25) is 12.1 Å². The molecule has 1 saturated carbocycles. The lowest BCUT2D eigenvalue weighted by Gasteiger charge is -2.25. The number of para-hydroxylation sites is 1. The van der Waals surface area contributed by atoms with Crippen molar-refractivity contribution in [3.8, 4) is 0 Å². The number of fused-ring (bicyclic) bond motifs is 1.